The van der Waals surface area contributed by atoms with Gasteiger partial charge in [0.15, 0.2) is 0 Å². The molecule has 1 N–H and O–H groups in total. The number of likely N-dealkylation sites (tertiary alicyclic amines) is 1. The number of hydrogen-bond acceptors (Lipinski definition) is 9. The number of anilines is 2. The van der Waals surface area contributed by atoms with E-state index < -0.39 is 10.0 Å². The maximum Gasteiger partial charge on any atom is 0.243 e. The van der Waals surface area contributed by atoms with E-state index in [0.29, 0.717) is 47.8 Å². The van der Waals surface area contributed by atoms with Crippen molar-refractivity contribution >= 4 is 21.7 Å². The Morgan fingerprint density at radius 1 is 0.900 bits per heavy atom. The average molecular weight is 563 g/mol. The summed E-state index contributed by atoms with van der Waals surface area (Å²) >= 11 is 0. The molecule has 3 aromatic rings. The van der Waals surface area contributed by atoms with Gasteiger partial charge in [0.25, 0.3) is 0 Å². The molecule has 0 amide bonds. The third-order valence-corrected chi connectivity index (χ3v) is 9.59. The van der Waals surface area contributed by atoms with Crippen LogP contribution in [0.3, 0.4) is 0 Å². The van der Waals surface area contributed by atoms with Crippen LogP contribution in [0.5, 0.6) is 11.5 Å². The Balaban J connectivity index is 1.31. The number of methoxy groups -OCH3 is 2. The normalized spacial score (nSPS) is 17.2. The van der Waals surface area contributed by atoms with E-state index in [1.165, 1.54) is 33.5 Å². The molecule has 1 aromatic heterocycles. The predicted octanol–water partition coefficient (Wildman–Crippen LogP) is 4.42. The summed E-state index contributed by atoms with van der Waals surface area (Å²) in [7, 11) is -0.621. The Bertz CT molecular complexity index is 1480. The van der Waals surface area contributed by atoms with Crippen molar-refractivity contribution in [3.63, 3.8) is 0 Å². The first-order valence-corrected chi connectivity index (χ1v) is 15.0. The van der Waals surface area contributed by atoms with Crippen LogP contribution in [0.25, 0.3) is 11.1 Å². The number of hydrogen-bond donors (Lipinski definition) is 1. The zero-order chi connectivity index (χ0) is 28.1. The van der Waals surface area contributed by atoms with E-state index in [4.69, 9.17) is 9.47 Å². The van der Waals surface area contributed by atoms with Crippen LogP contribution < -0.4 is 14.8 Å². The molecule has 0 radical (unpaired) electrons. The van der Waals surface area contributed by atoms with Gasteiger partial charge < -0.3 is 19.7 Å². The van der Waals surface area contributed by atoms with Gasteiger partial charge in [0.05, 0.1) is 30.4 Å². The number of aromatic nitrogens is 2. The first-order chi connectivity index (χ1) is 19.4. The fourth-order valence-electron chi connectivity index (χ4n) is 5.45. The van der Waals surface area contributed by atoms with Crippen molar-refractivity contribution in [1.29, 1.82) is 5.26 Å². The van der Waals surface area contributed by atoms with Gasteiger partial charge in [0.2, 0.25) is 16.0 Å². The van der Waals surface area contributed by atoms with Crippen LogP contribution >= 0.6 is 0 Å². The van der Waals surface area contributed by atoms with Gasteiger partial charge in [-0.3, -0.25) is 0 Å². The van der Waals surface area contributed by atoms with Crippen molar-refractivity contribution in [1.82, 2.24) is 19.2 Å². The molecule has 2 saturated heterocycles. The van der Waals surface area contributed by atoms with E-state index in [9.17, 15) is 13.7 Å². The maximum atomic E-state index is 13.6. The molecular weight excluding hydrogens is 528 g/mol. The lowest BCUT2D eigenvalue weighted by Crippen LogP contribution is -2.48. The van der Waals surface area contributed by atoms with Crippen molar-refractivity contribution in [2.24, 2.45) is 0 Å². The van der Waals surface area contributed by atoms with Crippen LogP contribution in [-0.2, 0) is 10.0 Å². The summed E-state index contributed by atoms with van der Waals surface area (Å²) < 4.78 is 39.5. The summed E-state index contributed by atoms with van der Waals surface area (Å²) in [6, 6.07) is 12.6. The van der Waals surface area contributed by atoms with Crippen molar-refractivity contribution in [2.75, 3.05) is 45.7 Å². The van der Waals surface area contributed by atoms with Crippen LogP contribution in [0.15, 0.2) is 53.7 Å². The smallest absolute Gasteiger partial charge is 0.243 e. The molecule has 2 aliphatic heterocycles. The third kappa shape index (κ3) is 5.89. The minimum absolute atomic E-state index is 0.202. The van der Waals surface area contributed by atoms with E-state index in [0.717, 1.165) is 37.1 Å². The molecule has 210 valence electrons. The second kappa shape index (κ2) is 12.2. The Hall–Kier alpha value is -3.72. The monoisotopic (exact) mass is 562 g/mol. The SMILES string of the molecule is COc1cc(-c2cnc(Nc3cc(S(=O)(=O)N4CCC(N5CCCCC5)CC4)ccc3OC)nc2)ccc1C#N. The van der Waals surface area contributed by atoms with Crippen molar-refractivity contribution < 1.29 is 17.9 Å². The van der Waals surface area contributed by atoms with E-state index in [-0.39, 0.29) is 4.90 Å². The van der Waals surface area contributed by atoms with E-state index in [1.54, 1.807) is 53.1 Å². The molecule has 3 heterocycles. The molecular formula is C29H34N6O4S. The maximum absolute atomic E-state index is 13.6. The standard InChI is InChI=1S/C29H34N6O4S/c1-38-27-9-8-25(40(36,37)35-14-10-24(11-15-35)34-12-4-3-5-13-34)17-26(27)33-29-31-19-23(20-32-29)21-6-7-22(18-30)28(16-21)39-2/h6-9,16-17,19-20,24H,3-5,10-15H2,1-2H3,(H,31,32,33). The molecule has 11 heteroatoms. The van der Waals surface area contributed by atoms with E-state index >= 15 is 0 Å². The van der Waals surface area contributed by atoms with E-state index in [2.05, 4.69) is 26.3 Å². The number of ether oxygens (including phenoxy) is 2. The summed E-state index contributed by atoms with van der Waals surface area (Å²) in [5, 5.41) is 12.3. The third-order valence-electron chi connectivity index (χ3n) is 7.69. The Morgan fingerprint density at radius 3 is 2.25 bits per heavy atom. The summed E-state index contributed by atoms with van der Waals surface area (Å²) in [5.41, 5.74) is 2.44. The second-order valence-corrected chi connectivity index (χ2v) is 12.0. The summed E-state index contributed by atoms with van der Waals surface area (Å²) in [6.07, 6.45) is 8.76. The molecule has 10 nitrogen and oxygen atoms in total. The second-order valence-electron chi connectivity index (χ2n) is 10.0. The summed E-state index contributed by atoms with van der Waals surface area (Å²) in [5.74, 6) is 1.24. The highest BCUT2D eigenvalue weighted by atomic mass is 32.2. The van der Waals surface area contributed by atoms with Crippen molar-refractivity contribution in [2.45, 2.75) is 43.0 Å². The van der Waals surface area contributed by atoms with Crippen LogP contribution in [0.4, 0.5) is 11.6 Å². The molecule has 0 saturated carbocycles. The summed E-state index contributed by atoms with van der Waals surface area (Å²) in [4.78, 5) is 11.6. The van der Waals surface area contributed by atoms with Crippen LogP contribution in [0, 0.1) is 11.3 Å². The zero-order valence-corrected chi connectivity index (χ0v) is 23.7. The first kappa shape index (κ1) is 27.8. The molecule has 5 rings (SSSR count). The molecule has 2 fully saturated rings. The van der Waals surface area contributed by atoms with Gasteiger partial charge in [-0.15, -0.1) is 0 Å². The number of rotatable bonds is 8. The Kier molecular flexibility index (Phi) is 8.49. The van der Waals surface area contributed by atoms with Gasteiger partial charge in [-0.2, -0.15) is 9.57 Å². The minimum Gasteiger partial charge on any atom is -0.495 e. The molecule has 2 aliphatic rings. The van der Waals surface area contributed by atoms with Gasteiger partial charge in [0.1, 0.15) is 17.6 Å². The highest BCUT2D eigenvalue weighted by Crippen LogP contribution is 2.33. The number of nitriles is 1. The largest absolute Gasteiger partial charge is 0.495 e. The molecule has 0 spiro atoms. The lowest BCUT2D eigenvalue weighted by atomic mass is 10.0. The van der Waals surface area contributed by atoms with Crippen molar-refractivity contribution in [3.8, 4) is 28.7 Å². The fraction of sp³-hybridized carbons (Fsp3) is 0.414. The topological polar surface area (TPSA) is 121 Å². The number of nitrogens with one attached hydrogen (secondary N) is 1. The molecule has 0 bridgehead atoms. The van der Waals surface area contributed by atoms with Crippen LogP contribution in [0.2, 0.25) is 0 Å². The minimum atomic E-state index is -3.67. The lowest BCUT2D eigenvalue weighted by molar-refractivity contribution is 0.118. The number of piperidine rings is 2. The Morgan fingerprint density at radius 2 is 1.60 bits per heavy atom. The van der Waals surface area contributed by atoms with Crippen molar-refractivity contribution in [3.05, 3.63) is 54.4 Å². The van der Waals surface area contributed by atoms with Gasteiger partial charge in [-0.25, -0.2) is 18.4 Å². The molecule has 0 aliphatic carbocycles. The molecule has 2 aromatic carbocycles. The Labute approximate surface area is 235 Å². The van der Waals surface area contributed by atoms with E-state index in [1.807, 2.05) is 0 Å². The van der Waals surface area contributed by atoms with Gasteiger partial charge in [-0.05, 0) is 74.7 Å². The molecule has 0 atom stereocenters. The number of nitrogens with zero attached hydrogens (tertiary/aromatic N) is 5. The predicted molar refractivity (Wildman–Crippen MR) is 152 cm³/mol. The molecule has 40 heavy (non-hydrogen) atoms. The lowest BCUT2D eigenvalue weighted by Gasteiger charge is -2.39. The van der Waals surface area contributed by atoms with Gasteiger partial charge in [0, 0.05) is 37.1 Å². The van der Waals surface area contributed by atoms with Crippen LogP contribution in [-0.4, -0.2) is 74.0 Å². The summed E-state index contributed by atoms with van der Waals surface area (Å²) in [6.45, 7) is 3.28. The zero-order valence-electron chi connectivity index (χ0n) is 22.8. The highest BCUT2D eigenvalue weighted by Gasteiger charge is 2.32. The van der Waals surface area contributed by atoms with Crippen LogP contribution in [0.1, 0.15) is 37.7 Å². The average Bonchev–Trinajstić information content (AvgIpc) is 3.01. The quantitative estimate of drug-likeness (QED) is 0.425. The van der Waals surface area contributed by atoms with Gasteiger partial charge >= 0.3 is 0 Å². The highest BCUT2D eigenvalue weighted by molar-refractivity contribution is 7.89. The number of benzene rings is 2. The fourth-order valence-corrected chi connectivity index (χ4v) is 6.95. The molecule has 0 unspecified atom stereocenters. The van der Waals surface area contributed by atoms with Gasteiger partial charge in [-0.1, -0.05) is 12.5 Å². The first-order valence-electron chi connectivity index (χ1n) is 13.5. The number of sulfonamides is 1.